The van der Waals surface area contributed by atoms with Gasteiger partial charge in [0.1, 0.15) is 11.6 Å². The quantitative estimate of drug-likeness (QED) is 0.891. The van der Waals surface area contributed by atoms with Crippen LogP contribution >= 0.6 is 27.7 Å². The third kappa shape index (κ3) is 3.55. The Hall–Kier alpha value is -0.910. The molecule has 0 heterocycles. The Balaban J connectivity index is 2.33. The summed E-state index contributed by atoms with van der Waals surface area (Å²) in [6, 6.07) is 10.0. The van der Waals surface area contributed by atoms with Gasteiger partial charge in [-0.2, -0.15) is 0 Å². The van der Waals surface area contributed by atoms with Crippen molar-refractivity contribution in [1.82, 2.24) is 0 Å². The van der Waals surface area contributed by atoms with Crippen LogP contribution in [0, 0.1) is 11.6 Å². The zero-order valence-electron chi connectivity index (χ0n) is 10.00. The third-order valence-corrected chi connectivity index (χ3v) is 4.66. The maximum atomic E-state index is 13.9. The van der Waals surface area contributed by atoms with Crippen LogP contribution in [-0.4, -0.2) is 6.54 Å². The highest BCUT2D eigenvalue weighted by Crippen LogP contribution is 2.36. The highest BCUT2D eigenvalue weighted by molar-refractivity contribution is 9.10. The number of halogens is 3. The zero-order chi connectivity index (χ0) is 13.8. The van der Waals surface area contributed by atoms with Crippen molar-refractivity contribution in [1.29, 1.82) is 0 Å². The van der Waals surface area contributed by atoms with E-state index in [-0.39, 0.29) is 4.90 Å². The molecule has 0 saturated carbocycles. The van der Waals surface area contributed by atoms with Crippen molar-refractivity contribution >= 4 is 27.7 Å². The fourth-order valence-electron chi connectivity index (χ4n) is 1.66. The Bertz CT molecular complexity index is 566. The van der Waals surface area contributed by atoms with E-state index in [1.807, 2.05) is 18.2 Å². The molecule has 2 aromatic rings. The molecule has 0 saturated heterocycles. The van der Waals surface area contributed by atoms with Crippen molar-refractivity contribution in [2.24, 2.45) is 5.73 Å². The Morgan fingerprint density at radius 1 is 1.11 bits per heavy atom. The van der Waals surface area contributed by atoms with Gasteiger partial charge in [0, 0.05) is 9.37 Å². The third-order valence-electron chi connectivity index (χ3n) is 2.54. The predicted molar refractivity (Wildman–Crippen MR) is 77.4 cm³/mol. The lowest BCUT2D eigenvalue weighted by molar-refractivity contribution is 0.537. The SMILES string of the molecule is NCCc1cc(F)c(Sc2ccccc2Br)c(F)c1. The smallest absolute Gasteiger partial charge is 0.140 e. The molecule has 0 radical (unpaired) electrons. The van der Waals surface area contributed by atoms with Crippen molar-refractivity contribution in [3.8, 4) is 0 Å². The fraction of sp³-hybridized carbons (Fsp3) is 0.143. The minimum absolute atomic E-state index is 0.00710. The van der Waals surface area contributed by atoms with Crippen LogP contribution in [0.2, 0.25) is 0 Å². The summed E-state index contributed by atoms with van der Waals surface area (Å²) in [4.78, 5) is 0.777. The van der Waals surface area contributed by atoms with E-state index in [0.29, 0.717) is 18.5 Å². The van der Waals surface area contributed by atoms with Crippen LogP contribution in [0.1, 0.15) is 5.56 Å². The van der Waals surface area contributed by atoms with Crippen molar-refractivity contribution in [3.05, 3.63) is 58.1 Å². The van der Waals surface area contributed by atoms with E-state index in [2.05, 4.69) is 15.9 Å². The molecule has 2 N–H and O–H groups in total. The summed E-state index contributed by atoms with van der Waals surface area (Å²) in [5, 5.41) is 0. The molecule has 100 valence electrons. The molecule has 0 aromatic heterocycles. The second-order valence-electron chi connectivity index (χ2n) is 3.96. The molecule has 0 amide bonds. The van der Waals surface area contributed by atoms with Gasteiger partial charge in [-0.25, -0.2) is 8.78 Å². The maximum Gasteiger partial charge on any atom is 0.140 e. The number of hydrogen-bond donors (Lipinski definition) is 1. The van der Waals surface area contributed by atoms with E-state index < -0.39 is 11.6 Å². The number of hydrogen-bond acceptors (Lipinski definition) is 2. The average Bonchev–Trinajstić information content (AvgIpc) is 2.36. The summed E-state index contributed by atoms with van der Waals surface area (Å²) < 4.78 is 28.7. The first-order valence-electron chi connectivity index (χ1n) is 5.72. The average molecular weight is 344 g/mol. The first-order chi connectivity index (χ1) is 9.11. The van der Waals surface area contributed by atoms with Gasteiger partial charge in [-0.3, -0.25) is 0 Å². The number of rotatable bonds is 4. The predicted octanol–water partition coefficient (Wildman–Crippen LogP) is 4.38. The monoisotopic (exact) mass is 343 g/mol. The van der Waals surface area contributed by atoms with Gasteiger partial charge >= 0.3 is 0 Å². The molecule has 0 aliphatic heterocycles. The van der Waals surface area contributed by atoms with Gasteiger partial charge < -0.3 is 5.73 Å². The summed E-state index contributed by atoms with van der Waals surface area (Å²) in [6.45, 7) is 0.371. The number of nitrogens with two attached hydrogens (primary N) is 1. The van der Waals surface area contributed by atoms with Crippen LogP contribution < -0.4 is 5.73 Å². The molecular formula is C14H12BrF2NS. The first-order valence-corrected chi connectivity index (χ1v) is 7.33. The van der Waals surface area contributed by atoms with Crippen molar-refractivity contribution in [2.45, 2.75) is 16.2 Å². The Morgan fingerprint density at radius 3 is 2.32 bits per heavy atom. The minimum atomic E-state index is -0.552. The van der Waals surface area contributed by atoms with E-state index in [4.69, 9.17) is 5.73 Å². The molecule has 0 aliphatic rings. The standard InChI is InChI=1S/C14H12BrF2NS/c15-10-3-1-2-4-13(10)19-14-11(16)7-9(5-6-18)8-12(14)17/h1-4,7-8H,5-6,18H2. The second-order valence-corrected chi connectivity index (χ2v) is 5.87. The van der Waals surface area contributed by atoms with E-state index in [1.165, 1.54) is 12.1 Å². The largest absolute Gasteiger partial charge is 0.330 e. The van der Waals surface area contributed by atoms with Crippen LogP contribution in [0.25, 0.3) is 0 Å². The zero-order valence-corrected chi connectivity index (χ0v) is 12.4. The van der Waals surface area contributed by atoms with Gasteiger partial charge in [0.15, 0.2) is 0 Å². The topological polar surface area (TPSA) is 26.0 Å². The molecule has 19 heavy (non-hydrogen) atoms. The summed E-state index contributed by atoms with van der Waals surface area (Å²) in [6.07, 6.45) is 0.466. The van der Waals surface area contributed by atoms with Crippen LogP contribution in [0.3, 0.4) is 0 Å². The summed E-state index contributed by atoms with van der Waals surface area (Å²) >= 11 is 4.43. The van der Waals surface area contributed by atoms with Crippen LogP contribution in [0.5, 0.6) is 0 Å². The van der Waals surface area contributed by atoms with Crippen LogP contribution in [0.4, 0.5) is 8.78 Å². The van der Waals surface area contributed by atoms with Gasteiger partial charge in [-0.15, -0.1) is 0 Å². The molecule has 2 rings (SSSR count). The molecule has 0 aliphatic carbocycles. The Labute approximate surface area is 123 Å². The second kappa shape index (κ2) is 6.50. The molecule has 5 heteroatoms. The highest BCUT2D eigenvalue weighted by atomic mass is 79.9. The van der Waals surface area contributed by atoms with Gasteiger partial charge in [-0.1, -0.05) is 23.9 Å². The molecule has 1 nitrogen and oxygen atoms in total. The highest BCUT2D eigenvalue weighted by Gasteiger charge is 2.13. The van der Waals surface area contributed by atoms with Crippen molar-refractivity contribution < 1.29 is 8.78 Å². The fourth-order valence-corrected chi connectivity index (χ4v) is 3.03. The lowest BCUT2D eigenvalue weighted by atomic mass is 10.1. The van der Waals surface area contributed by atoms with Gasteiger partial charge in [0.2, 0.25) is 0 Å². The van der Waals surface area contributed by atoms with E-state index >= 15 is 0 Å². The van der Waals surface area contributed by atoms with E-state index in [9.17, 15) is 8.78 Å². The molecule has 0 atom stereocenters. The van der Waals surface area contributed by atoms with Gasteiger partial charge in [0.25, 0.3) is 0 Å². The van der Waals surface area contributed by atoms with Gasteiger partial charge in [-0.05, 0) is 58.7 Å². The Morgan fingerprint density at radius 2 is 1.74 bits per heavy atom. The normalized spacial score (nSPS) is 10.7. The maximum absolute atomic E-state index is 13.9. The number of benzene rings is 2. The van der Waals surface area contributed by atoms with Gasteiger partial charge in [0.05, 0.1) is 4.90 Å². The lowest BCUT2D eigenvalue weighted by Crippen LogP contribution is -2.04. The summed E-state index contributed by atoms with van der Waals surface area (Å²) in [5.41, 5.74) is 5.96. The summed E-state index contributed by atoms with van der Waals surface area (Å²) in [5.74, 6) is -1.10. The van der Waals surface area contributed by atoms with Crippen molar-refractivity contribution in [2.75, 3.05) is 6.54 Å². The lowest BCUT2D eigenvalue weighted by Gasteiger charge is -2.08. The summed E-state index contributed by atoms with van der Waals surface area (Å²) in [7, 11) is 0. The molecule has 0 unspecified atom stereocenters. The molecular weight excluding hydrogens is 332 g/mol. The van der Waals surface area contributed by atoms with E-state index in [0.717, 1.165) is 21.1 Å². The van der Waals surface area contributed by atoms with E-state index in [1.54, 1.807) is 6.07 Å². The Kier molecular flexibility index (Phi) is 4.96. The first kappa shape index (κ1) is 14.5. The molecule has 0 fully saturated rings. The van der Waals surface area contributed by atoms with Crippen LogP contribution in [0.15, 0.2) is 50.7 Å². The molecule has 0 bridgehead atoms. The van der Waals surface area contributed by atoms with Crippen molar-refractivity contribution in [3.63, 3.8) is 0 Å². The molecule has 2 aromatic carbocycles. The minimum Gasteiger partial charge on any atom is -0.330 e. The molecule has 0 spiro atoms. The van der Waals surface area contributed by atoms with Crippen LogP contribution in [-0.2, 0) is 6.42 Å².